The fourth-order valence-corrected chi connectivity index (χ4v) is 3.05. The topological polar surface area (TPSA) is 38.8 Å². The van der Waals surface area contributed by atoms with Gasteiger partial charge in [0.2, 0.25) is 0 Å². The summed E-state index contributed by atoms with van der Waals surface area (Å²) in [5.74, 6) is 0.775. The molecule has 0 radical (unpaired) electrons. The van der Waals surface area contributed by atoms with E-state index in [1.54, 1.807) is 12.0 Å². The minimum Gasteiger partial charge on any atom is -0.497 e. The Labute approximate surface area is 152 Å². The van der Waals surface area contributed by atoms with Crippen LogP contribution < -0.4 is 4.74 Å². The molecule has 5 heteroatoms. The third-order valence-corrected chi connectivity index (χ3v) is 4.62. The average molecular weight is 396 g/mol. The van der Waals surface area contributed by atoms with Gasteiger partial charge in [-0.2, -0.15) is 0 Å². The van der Waals surface area contributed by atoms with Gasteiger partial charge in [0.1, 0.15) is 11.4 Å². The fourth-order valence-electron chi connectivity index (χ4n) is 2.67. The zero-order chi connectivity index (χ0) is 17.7. The van der Waals surface area contributed by atoms with E-state index >= 15 is 0 Å². The van der Waals surface area contributed by atoms with Gasteiger partial charge in [-0.25, -0.2) is 4.79 Å². The van der Waals surface area contributed by atoms with Crippen molar-refractivity contribution in [1.82, 2.24) is 4.90 Å². The predicted octanol–water partition coefficient (Wildman–Crippen LogP) is 5.30. The van der Waals surface area contributed by atoms with Crippen molar-refractivity contribution < 1.29 is 14.3 Å². The quantitative estimate of drug-likeness (QED) is 0.648. The molecule has 4 nitrogen and oxygen atoms in total. The van der Waals surface area contributed by atoms with Crippen LogP contribution >= 0.6 is 15.9 Å². The molecule has 1 amide bonds. The summed E-state index contributed by atoms with van der Waals surface area (Å²) >= 11 is 3.57. The molecule has 0 saturated heterocycles. The van der Waals surface area contributed by atoms with Crippen molar-refractivity contribution in [1.29, 1.82) is 0 Å². The van der Waals surface area contributed by atoms with E-state index in [0.29, 0.717) is 6.54 Å². The van der Waals surface area contributed by atoms with Crippen molar-refractivity contribution in [2.75, 3.05) is 7.11 Å². The molecule has 1 aromatic carbocycles. The van der Waals surface area contributed by atoms with E-state index in [2.05, 4.69) is 28.1 Å². The van der Waals surface area contributed by atoms with Gasteiger partial charge >= 0.3 is 6.09 Å². The van der Waals surface area contributed by atoms with Crippen LogP contribution in [-0.2, 0) is 11.3 Å². The van der Waals surface area contributed by atoms with Crippen LogP contribution in [0.5, 0.6) is 5.75 Å². The van der Waals surface area contributed by atoms with Gasteiger partial charge in [0.15, 0.2) is 0 Å². The SMILES string of the molecule is COc1ccc(Br)c(CN(C(=O)OC(C)(C)C)C2C=CCCC2)c1. The number of hydrogen-bond acceptors (Lipinski definition) is 3. The molecule has 1 aromatic rings. The maximum absolute atomic E-state index is 12.8. The largest absolute Gasteiger partial charge is 0.497 e. The van der Waals surface area contributed by atoms with E-state index in [0.717, 1.165) is 35.0 Å². The van der Waals surface area contributed by atoms with E-state index in [9.17, 15) is 4.79 Å². The van der Waals surface area contributed by atoms with Crippen molar-refractivity contribution in [3.63, 3.8) is 0 Å². The summed E-state index contributed by atoms with van der Waals surface area (Å²) in [6.07, 6.45) is 7.08. The lowest BCUT2D eigenvalue weighted by molar-refractivity contribution is 0.0168. The first-order valence-corrected chi connectivity index (χ1v) is 9.08. The van der Waals surface area contributed by atoms with Crippen LogP contribution in [0.15, 0.2) is 34.8 Å². The van der Waals surface area contributed by atoms with Crippen LogP contribution in [0.3, 0.4) is 0 Å². The zero-order valence-electron chi connectivity index (χ0n) is 14.8. The standard InChI is InChI=1S/C19H26BrNO3/c1-19(2,3)24-18(22)21(15-8-6-5-7-9-15)13-14-12-16(23-4)10-11-17(14)20/h6,8,10-12,15H,5,7,9,13H2,1-4H3. The third kappa shape index (κ3) is 5.26. The number of carbonyl (C=O) groups excluding carboxylic acids is 1. The number of allylic oxidation sites excluding steroid dienone is 1. The first kappa shape index (κ1) is 18.8. The molecule has 24 heavy (non-hydrogen) atoms. The molecule has 0 heterocycles. The summed E-state index contributed by atoms with van der Waals surface area (Å²) in [5.41, 5.74) is 0.485. The second kappa shape index (κ2) is 8.06. The number of rotatable bonds is 4. The monoisotopic (exact) mass is 395 g/mol. The van der Waals surface area contributed by atoms with E-state index in [1.807, 2.05) is 39.0 Å². The molecule has 1 aliphatic carbocycles. The van der Waals surface area contributed by atoms with Crippen molar-refractivity contribution in [3.8, 4) is 5.75 Å². The van der Waals surface area contributed by atoms with E-state index in [1.165, 1.54) is 0 Å². The molecule has 0 saturated carbocycles. The highest BCUT2D eigenvalue weighted by molar-refractivity contribution is 9.10. The van der Waals surface area contributed by atoms with Crippen molar-refractivity contribution in [2.24, 2.45) is 0 Å². The second-order valence-corrected chi connectivity index (χ2v) is 7.85. The number of amides is 1. The van der Waals surface area contributed by atoms with Crippen LogP contribution in [0, 0.1) is 0 Å². The highest BCUT2D eigenvalue weighted by Crippen LogP contribution is 2.27. The molecular formula is C19H26BrNO3. The number of benzene rings is 1. The molecule has 0 spiro atoms. The highest BCUT2D eigenvalue weighted by Gasteiger charge is 2.28. The van der Waals surface area contributed by atoms with Gasteiger partial charge in [-0.1, -0.05) is 28.1 Å². The lowest BCUT2D eigenvalue weighted by Crippen LogP contribution is -2.42. The van der Waals surface area contributed by atoms with Gasteiger partial charge in [-0.15, -0.1) is 0 Å². The minimum absolute atomic E-state index is 0.0618. The smallest absolute Gasteiger partial charge is 0.411 e. The van der Waals surface area contributed by atoms with Crippen LogP contribution in [0.1, 0.15) is 45.6 Å². The van der Waals surface area contributed by atoms with Gasteiger partial charge in [0.25, 0.3) is 0 Å². The maximum atomic E-state index is 12.8. The lowest BCUT2D eigenvalue weighted by Gasteiger charge is -2.33. The van der Waals surface area contributed by atoms with Gasteiger partial charge in [-0.05, 0) is 63.8 Å². The van der Waals surface area contributed by atoms with Crippen molar-refractivity contribution in [2.45, 2.75) is 58.2 Å². The summed E-state index contributed by atoms with van der Waals surface area (Å²) in [7, 11) is 1.64. The lowest BCUT2D eigenvalue weighted by atomic mass is 10.0. The number of carbonyl (C=O) groups is 1. The molecule has 1 atom stereocenters. The van der Waals surface area contributed by atoms with Crippen LogP contribution in [-0.4, -0.2) is 29.7 Å². The second-order valence-electron chi connectivity index (χ2n) is 6.99. The first-order chi connectivity index (χ1) is 11.3. The number of ether oxygens (including phenoxy) is 2. The summed E-state index contributed by atoms with van der Waals surface area (Å²) in [6.45, 7) is 6.14. The molecule has 0 aliphatic heterocycles. The van der Waals surface area contributed by atoms with Crippen molar-refractivity contribution >= 4 is 22.0 Å². The fraction of sp³-hybridized carbons (Fsp3) is 0.526. The van der Waals surface area contributed by atoms with Gasteiger partial charge < -0.3 is 9.47 Å². The number of hydrogen-bond donors (Lipinski definition) is 0. The molecule has 0 aromatic heterocycles. The maximum Gasteiger partial charge on any atom is 0.411 e. The number of halogens is 1. The predicted molar refractivity (Wildman–Crippen MR) is 99.3 cm³/mol. The molecule has 2 rings (SSSR count). The summed E-state index contributed by atoms with van der Waals surface area (Å²) in [6, 6.07) is 5.85. The van der Waals surface area contributed by atoms with Crippen LogP contribution in [0.25, 0.3) is 0 Å². The summed E-state index contributed by atoms with van der Waals surface area (Å²) in [5, 5.41) is 0. The molecule has 0 N–H and O–H groups in total. The molecule has 132 valence electrons. The first-order valence-electron chi connectivity index (χ1n) is 8.29. The third-order valence-electron chi connectivity index (χ3n) is 3.85. The highest BCUT2D eigenvalue weighted by atomic mass is 79.9. The van der Waals surface area contributed by atoms with E-state index in [4.69, 9.17) is 9.47 Å². The van der Waals surface area contributed by atoms with E-state index < -0.39 is 5.60 Å². The number of methoxy groups -OCH3 is 1. The minimum atomic E-state index is -0.515. The molecule has 0 bridgehead atoms. The van der Waals surface area contributed by atoms with Crippen molar-refractivity contribution in [3.05, 3.63) is 40.4 Å². The number of nitrogens with zero attached hydrogens (tertiary/aromatic N) is 1. The molecule has 1 unspecified atom stereocenters. The Balaban J connectivity index is 2.27. The van der Waals surface area contributed by atoms with Crippen LogP contribution in [0.4, 0.5) is 4.79 Å². The van der Waals surface area contributed by atoms with Gasteiger partial charge in [-0.3, -0.25) is 4.90 Å². The molecular weight excluding hydrogens is 370 g/mol. The Kier molecular flexibility index (Phi) is 6.33. The van der Waals surface area contributed by atoms with Gasteiger partial charge in [0.05, 0.1) is 19.7 Å². The Hall–Kier alpha value is -1.49. The Morgan fingerprint density at radius 3 is 2.71 bits per heavy atom. The zero-order valence-corrected chi connectivity index (χ0v) is 16.4. The van der Waals surface area contributed by atoms with E-state index in [-0.39, 0.29) is 12.1 Å². The van der Waals surface area contributed by atoms with Crippen LogP contribution in [0.2, 0.25) is 0 Å². The normalized spacial score (nSPS) is 17.5. The Morgan fingerprint density at radius 1 is 1.38 bits per heavy atom. The Bertz CT molecular complexity index is 607. The molecule has 1 aliphatic rings. The van der Waals surface area contributed by atoms with Gasteiger partial charge in [0, 0.05) is 4.47 Å². The summed E-state index contributed by atoms with van der Waals surface area (Å²) in [4.78, 5) is 14.6. The average Bonchev–Trinajstić information content (AvgIpc) is 2.53. The Morgan fingerprint density at radius 2 is 2.12 bits per heavy atom. The summed E-state index contributed by atoms with van der Waals surface area (Å²) < 4.78 is 11.9. The molecule has 0 fully saturated rings.